The Morgan fingerprint density at radius 3 is 2.30 bits per heavy atom. The van der Waals surface area contributed by atoms with Gasteiger partial charge >= 0.3 is 6.03 Å². The van der Waals surface area contributed by atoms with Gasteiger partial charge in [0.2, 0.25) is 5.91 Å². The van der Waals surface area contributed by atoms with Crippen LogP contribution in [0.5, 0.6) is 0 Å². The number of benzene rings is 1. The number of amides is 3. The van der Waals surface area contributed by atoms with E-state index in [1.54, 1.807) is 6.92 Å². The van der Waals surface area contributed by atoms with Crippen LogP contribution in [0.15, 0.2) is 48.4 Å². The molecule has 0 atom stereocenters. The summed E-state index contributed by atoms with van der Waals surface area (Å²) in [6.45, 7) is 7.64. The van der Waals surface area contributed by atoms with Crippen molar-refractivity contribution in [2.45, 2.75) is 13.8 Å². The van der Waals surface area contributed by atoms with Crippen LogP contribution in [0.3, 0.4) is 0 Å². The largest absolute Gasteiger partial charge is 0.414 e. The number of hydrogen-bond donors (Lipinski definition) is 4. The van der Waals surface area contributed by atoms with Crippen LogP contribution < -0.4 is 21.8 Å². The standard InChI is InChI=1S/C16H22N4O3/c1-11(14-7-5-4-6-8-14)15(12(2)23-17)20-16(22)19-10-9-18-13(3)21/h4-8H,1,9-10,17H2,2-3H3,(H,18,21)(H2,19,20,22)/b15-12+. The Balaban J connectivity index is 2.72. The summed E-state index contributed by atoms with van der Waals surface area (Å²) in [7, 11) is 0. The molecule has 7 nitrogen and oxygen atoms in total. The fourth-order valence-electron chi connectivity index (χ4n) is 1.79. The Labute approximate surface area is 135 Å². The third-order valence-corrected chi connectivity index (χ3v) is 2.98. The summed E-state index contributed by atoms with van der Waals surface area (Å²) in [5, 5.41) is 7.86. The van der Waals surface area contributed by atoms with Crippen molar-refractivity contribution < 1.29 is 14.4 Å². The minimum absolute atomic E-state index is 0.155. The third-order valence-electron chi connectivity index (χ3n) is 2.98. The Morgan fingerprint density at radius 2 is 1.74 bits per heavy atom. The summed E-state index contributed by atoms with van der Waals surface area (Å²) in [5.41, 5.74) is 1.79. The normalized spacial score (nSPS) is 11.1. The minimum atomic E-state index is -0.446. The Morgan fingerprint density at radius 1 is 1.13 bits per heavy atom. The third kappa shape index (κ3) is 6.23. The van der Waals surface area contributed by atoms with Gasteiger partial charge in [-0.15, -0.1) is 0 Å². The average molecular weight is 318 g/mol. The Hall–Kier alpha value is -2.80. The topological polar surface area (TPSA) is 105 Å². The molecule has 0 fully saturated rings. The van der Waals surface area contributed by atoms with Crippen molar-refractivity contribution in [3.05, 3.63) is 53.9 Å². The molecule has 0 aliphatic heterocycles. The fourth-order valence-corrected chi connectivity index (χ4v) is 1.79. The molecule has 0 aliphatic rings. The number of nitrogens with one attached hydrogen (secondary N) is 3. The van der Waals surface area contributed by atoms with Crippen molar-refractivity contribution in [2.75, 3.05) is 13.1 Å². The van der Waals surface area contributed by atoms with Crippen LogP contribution >= 0.6 is 0 Å². The summed E-state index contributed by atoms with van der Waals surface area (Å²) >= 11 is 0. The molecular formula is C16H22N4O3. The van der Waals surface area contributed by atoms with Gasteiger partial charge in [-0.3, -0.25) is 4.79 Å². The van der Waals surface area contributed by atoms with Gasteiger partial charge in [-0.2, -0.15) is 5.90 Å². The van der Waals surface area contributed by atoms with Crippen molar-refractivity contribution in [1.82, 2.24) is 16.0 Å². The van der Waals surface area contributed by atoms with Gasteiger partial charge in [0.1, 0.15) is 5.76 Å². The molecule has 7 heteroatoms. The van der Waals surface area contributed by atoms with Gasteiger partial charge in [-0.1, -0.05) is 36.9 Å². The van der Waals surface area contributed by atoms with Gasteiger partial charge in [0.05, 0.1) is 5.70 Å². The highest BCUT2D eigenvalue weighted by Crippen LogP contribution is 2.21. The molecular weight excluding hydrogens is 296 g/mol. The Kier molecular flexibility index (Phi) is 7.35. The van der Waals surface area contributed by atoms with Crippen LogP contribution in [-0.2, 0) is 9.63 Å². The summed E-state index contributed by atoms with van der Waals surface area (Å²) in [4.78, 5) is 27.4. The average Bonchev–Trinajstić information content (AvgIpc) is 2.56. The SMILES string of the molecule is C=C(/C(NC(=O)NCCNC(C)=O)=C(/C)ON)c1ccccc1. The summed E-state index contributed by atoms with van der Waals surface area (Å²) in [5.74, 6) is 5.38. The number of allylic oxidation sites excluding steroid dienone is 2. The van der Waals surface area contributed by atoms with E-state index >= 15 is 0 Å². The second-order valence-corrected chi connectivity index (χ2v) is 4.76. The van der Waals surface area contributed by atoms with Gasteiger partial charge in [-0.05, 0) is 12.5 Å². The van der Waals surface area contributed by atoms with Crippen molar-refractivity contribution in [1.29, 1.82) is 0 Å². The quantitative estimate of drug-likeness (QED) is 0.263. The van der Waals surface area contributed by atoms with Crippen LogP contribution in [0.25, 0.3) is 5.57 Å². The van der Waals surface area contributed by atoms with Crippen LogP contribution in [-0.4, -0.2) is 25.0 Å². The van der Waals surface area contributed by atoms with Crippen molar-refractivity contribution >= 4 is 17.5 Å². The molecule has 1 rings (SSSR count). The highest BCUT2D eigenvalue weighted by atomic mass is 16.6. The molecule has 1 aromatic carbocycles. The molecule has 1 aromatic rings. The molecule has 23 heavy (non-hydrogen) atoms. The first-order valence-electron chi connectivity index (χ1n) is 7.07. The predicted molar refractivity (Wildman–Crippen MR) is 88.7 cm³/mol. The highest BCUT2D eigenvalue weighted by Gasteiger charge is 2.13. The molecule has 124 valence electrons. The van der Waals surface area contributed by atoms with Gasteiger partial charge in [-0.25, -0.2) is 4.79 Å². The van der Waals surface area contributed by atoms with E-state index in [9.17, 15) is 9.59 Å². The minimum Gasteiger partial charge on any atom is -0.414 e. The number of urea groups is 1. The molecule has 0 unspecified atom stereocenters. The molecule has 0 aromatic heterocycles. The summed E-state index contributed by atoms with van der Waals surface area (Å²) < 4.78 is 0. The number of rotatable bonds is 7. The van der Waals surface area contributed by atoms with E-state index in [2.05, 4.69) is 22.5 Å². The van der Waals surface area contributed by atoms with E-state index in [-0.39, 0.29) is 5.91 Å². The highest BCUT2D eigenvalue weighted by molar-refractivity contribution is 5.85. The molecule has 0 spiro atoms. The van der Waals surface area contributed by atoms with E-state index in [0.717, 1.165) is 5.56 Å². The van der Waals surface area contributed by atoms with E-state index in [1.807, 2.05) is 30.3 Å². The van der Waals surface area contributed by atoms with E-state index in [1.165, 1.54) is 6.92 Å². The molecule has 0 radical (unpaired) electrons. The van der Waals surface area contributed by atoms with Crippen molar-refractivity contribution in [2.24, 2.45) is 5.90 Å². The van der Waals surface area contributed by atoms with E-state index in [4.69, 9.17) is 10.7 Å². The first-order valence-corrected chi connectivity index (χ1v) is 7.07. The molecule has 3 amide bonds. The molecule has 0 saturated heterocycles. The molecule has 0 heterocycles. The molecule has 0 aliphatic carbocycles. The van der Waals surface area contributed by atoms with Crippen LogP contribution in [0.2, 0.25) is 0 Å². The zero-order valence-corrected chi connectivity index (χ0v) is 13.3. The molecule has 0 saturated carbocycles. The monoisotopic (exact) mass is 318 g/mol. The first kappa shape index (κ1) is 18.2. The number of nitrogens with two attached hydrogens (primary N) is 1. The zero-order chi connectivity index (χ0) is 17.2. The maximum Gasteiger partial charge on any atom is 0.319 e. The molecule has 0 bridgehead atoms. The number of carbonyl (C=O) groups is 2. The fraction of sp³-hybridized carbons (Fsp3) is 0.250. The van der Waals surface area contributed by atoms with Crippen molar-refractivity contribution in [3.63, 3.8) is 0 Å². The lowest BCUT2D eigenvalue weighted by molar-refractivity contribution is -0.118. The summed E-state index contributed by atoms with van der Waals surface area (Å²) in [6, 6.07) is 8.90. The van der Waals surface area contributed by atoms with E-state index in [0.29, 0.717) is 30.1 Å². The number of carbonyl (C=O) groups excluding carboxylic acids is 2. The van der Waals surface area contributed by atoms with Gasteiger partial charge in [0.25, 0.3) is 0 Å². The summed E-state index contributed by atoms with van der Waals surface area (Å²) in [6.07, 6.45) is 0. The maximum absolute atomic E-state index is 11.9. The predicted octanol–water partition coefficient (Wildman–Crippen LogP) is 1.26. The van der Waals surface area contributed by atoms with Crippen LogP contribution in [0.4, 0.5) is 4.79 Å². The van der Waals surface area contributed by atoms with Crippen LogP contribution in [0.1, 0.15) is 19.4 Å². The van der Waals surface area contributed by atoms with E-state index < -0.39 is 6.03 Å². The lowest BCUT2D eigenvalue weighted by atomic mass is 10.0. The van der Waals surface area contributed by atoms with Crippen molar-refractivity contribution in [3.8, 4) is 0 Å². The zero-order valence-electron chi connectivity index (χ0n) is 13.3. The van der Waals surface area contributed by atoms with Gasteiger partial charge in [0.15, 0.2) is 0 Å². The first-order chi connectivity index (χ1) is 11.0. The second kappa shape index (κ2) is 9.26. The lowest BCUT2D eigenvalue weighted by Gasteiger charge is -2.16. The lowest BCUT2D eigenvalue weighted by Crippen LogP contribution is -2.40. The van der Waals surface area contributed by atoms with Crippen LogP contribution in [0, 0.1) is 0 Å². The smallest absolute Gasteiger partial charge is 0.319 e. The second-order valence-electron chi connectivity index (χ2n) is 4.76. The van der Waals surface area contributed by atoms with Gasteiger partial charge in [0, 0.05) is 25.6 Å². The number of hydrogen-bond acceptors (Lipinski definition) is 4. The Bertz CT molecular complexity index is 597. The molecule has 5 N–H and O–H groups in total. The maximum atomic E-state index is 11.9. The van der Waals surface area contributed by atoms with Gasteiger partial charge < -0.3 is 20.8 Å².